The van der Waals surface area contributed by atoms with Gasteiger partial charge in [-0.2, -0.15) is 0 Å². The Kier molecular flexibility index (Phi) is 5.55. The van der Waals surface area contributed by atoms with E-state index in [1.807, 2.05) is 0 Å². The second-order valence-electron chi connectivity index (χ2n) is 5.64. The van der Waals surface area contributed by atoms with Gasteiger partial charge in [0, 0.05) is 12.3 Å². The van der Waals surface area contributed by atoms with E-state index in [4.69, 9.17) is 4.74 Å². The SMILES string of the molecule is CS(=O)(=O)Cc1ccc(C(=O)OCC(=O)NC(=O)NC2CC2)cc1. The van der Waals surface area contributed by atoms with Crippen molar-refractivity contribution in [2.45, 2.75) is 24.6 Å². The first-order valence-electron chi connectivity index (χ1n) is 7.27. The summed E-state index contributed by atoms with van der Waals surface area (Å²) in [4.78, 5) is 34.6. The molecule has 1 aromatic carbocycles. The number of ether oxygens (including phenoxy) is 1. The summed E-state index contributed by atoms with van der Waals surface area (Å²) in [6.45, 7) is -0.581. The molecule has 1 aromatic rings. The molecule has 0 aromatic heterocycles. The topological polar surface area (TPSA) is 119 Å². The molecule has 1 aliphatic carbocycles. The summed E-state index contributed by atoms with van der Waals surface area (Å²) in [6.07, 6.45) is 2.91. The van der Waals surface area contributed by atoms with Gasteiger partial charge in [-0.05, 0) is 30.5 Å². The number of carbonyl (C=O) groups excluding carboxylic acids is 3. The molecule has 2 N–H and O–H groups in total. The standard InChI is InChI=1S/C15H18N2O6S/c1-24(21,22)9-10-2-4-11(5-3-10)14(19)23-8-13(18)17-15(20)16-12-6-7-12/h2-5,12H,6-9H2,1H3,(H2,16,17,18,20). The fourth-order valence-corrected chi connectivity index (χ4v) is 2.66. The monoisotopic (exact) mass is 354 g/mol. The van der Waals surface area contributed by atoms with Gasteiger partial charge in [0.2, 0.25) is 0 Å². The van der Waals surface area contributed by atoms with Crippen LogP contribution in [0.3, 0.4) is 0 Å². The first kappa shape index (κ1) is 17.9. The first-order valence-corrected chi connectivity index (χ1v) is 9.33. The van der Waals surface area contributed by atoms with E-state index in [-0.39, 0.29) is 17.4 Å². The molecular formula is C15H18N2O6S. The lowest BCUT2D eigenvalue weighted by atomic mass is 10.1. The Morgan fingerprint density at radius 3 is 2.33 bits per heavy atom. The molecule has 8 nitrogen and oxygen atoms in total. The highest BCUT2D eigenvalue weighted by Gasteiger charge is 2.24. The Balaban J connectivity index is 1.79. The summed E-state index contributed by atoms with van der Waals surface area (Å²) >= 11 is 0. The predicted molar refractivity (Wildman–Crippen MR) is 85.0 cm³/mol. The average molecular weight is 354 g/mol. The second-order valence-corrected chi connectivity index (χ2v) is 7.78. The highest BCUT2D eigenvalue weighted by molar-refractivity contribution is 7.89. The second kappa shape index (κ2) is 7.43. The maximum Gasteiger partial charge on any atom is 0.338 e. The Labute approximate surface area is 139 Å². The minimum absolute atomic E-state index is 0.116. The van der Waals surface area contributed by atoms with Gasteiger partial charge in [0.25, 0.3) is 5.91 Å². The lowest BCUT2D eigenvalue weighted by Crippen LogP contribution is -2.42. The van der Waals surface area contributed by atoms with Crippen LogP contribution in [0.2, 0.25) is 0 Å². The van der Waals surface area contributed by atoms with Crippen molar-refractivity contribution in [1.29, 1.82) is 0 Å². The molecule has 0 bridgehead atoms. The highest BCUT2D eigenvalue weighted by Crippen LogP contribution is 2.18. The van der Waals surface area contributed by atoms with Crippen molar-refractivity contribution < 1.29 is 27.5 Å². The van der Waals surface area contributed by atoms with Crippen LogP contribution < -0.4 is 10.6 Å². The van der Waals surface area contributed by atoms with Crippen molar-refractivity contribution in [2.24, 2.45) is 0 Å². The van der Waals surface area contributed by atoms with Crippen LogP contribution in [-0.4, -0.2) is 45.2 Å². The van der Waals surface area contributed by atoms with E-state index in [9.17, 15) is 22.8 Å². The van der Waals surface area contributed by atoms with E-state index in [1.54, 1.807) is 0 Å². The zero-order valence-electron chi connectivity index (χ0n) is 13.1. The first-order chi connectivity index (χ1) is 11.2. The number of rotatable bonds is 6. The lowest BCUT2D eigenvalue weighted by molar-refractivity contribution is -0.123. The van der Waals surface area contributed by atoms with Gasteiger partial charge >= 0.3 is 12.0 Å². The molecule has 0 saturated heterocycles. The number of esters is 1. The third kappa shape index (κ3) is 6.37. The van der Waals surface area contributed by atoms with E-state index < -0.39 is 34.4 Å². The molecule has 3 amide bonds. The molecular weight excluding hydrogens is 336 g/mol. The molecule has 1 saturated carbocycles. The van der Waals surface area contributed by atoms with Crippen LogP contribution in [0.4, 0.5) is 4.79 Å². The molecule has 0 spiro atoms. The van der Waals surface area contributed by atoms with Crippen molar-refractivity contribution in [1.82, 2.24) is 10.6 Å². The molecule has 1 aliphatic rings. The molecule has 0 atom stereocenters. The van der Waals surface area contributed by atoms with Crippen molar-refractivity contribution in [2.75, 3.05) is 12.9 Å². The number of hydrogen-bond donors (Lipinski definition) is 2. The summed E-state index contributed by atoms with van der Waals surface area (Å²) in [5.41, 5.74) is 0.728. The van der Waals surface area contributed by atoms with Crippen molar-refractivity contribution in [3.8, 4) is 0 Å². The van der Waals surface area contributed by atoms with Crippen LogP contribution in [0.1, 0.15) is 28.8 Å². The lowest BCUT2D eigenvalue weighted by Gasteiger charge is -2.07. The van der Waals surface area contributed by atoms with Gasteiger partial charge in [-0.1, -0.05) is 12.1 Å². The predicted octanol–water partition coefficient (Wildman–Crippen LogP) is 0.376. The molecule has 0 radical (unpaired) electrons. The zero-order valence-corrected chi connectivity index (χ0v) is 13.9. The minimum Gasteiger partial charge on any atom is -0.452 e. The van der Waals surface area contributed by atoms with Crippen molar-refractivity contribution >= 4 is 27.7 Å². The number of benzene rings is 1. The van der Waals surface area contributed by atoms with Gasteiger partial charge in [-0.25, -0.2) is 18.0 Å². The molecule has 0 aliphatic heterocycles. The fourth-order valence-electron chi connectivity index (χ4n) is 1.87. The number of imide groups is 1. The summed E-state index contributed by atoms with van der Waals surface area (Å²) in [5.74, 6) is -1.59. The molecule has 0 heterocycles. The molecule has 1 fully saturated rings. The number of carbonyl (C=O) groups is 3. The Hall–Kier alpha value is -2.42. The summed E-state index contributed by atoms with van der Waals surface area (Å²) < 4.78 is 27.2. The molecule has 0 unspecified atom stereocenters. The minimum atomic E-state index is -3.15. The normalized spacial score (nSPS) is 13.9. The third-order valence-corrected chi connectivity index (χ3v) is 3.98. The largest absolute Gasteiger partial charge is 0.452 e. The van der Waals surface area contributed by atoms with Crippen LogP contribution in [0.15, 0.2) is 24.3 Å². The van der Waals surface area contributed by atoms with Gasteiger partial charge in [-0.15, -0.1) is 0 Å². The highest BCUT2D eigenvalue weighted by atomic mass is 32.2. The van der Waals surface area contributed by atoms with Crippen molar-refractivity contribution in [3.05, 3.63) is 35.4 Å². The fraction of sp³-hybridized carbons (Fsp3) is 0.400. The number of nitrogens with one attached hydrogen (secondary N) is 2. The van der Waals surface area contributed by atoms with E-state index in [1.165, 1.54) is 24.3 Å². The molecule has 9 heteroatoms. The van der Waals surface area contributed by atoms with E-state index in [2.05, 4.69) is 10.6 Å². The third-order valence-electron chi connectivity index (χ3n) is 3.12. The number of sulfone groups is 1. The van der Waals surface area contributed by atoms with Gasteiger partial charge in [0.15, 0.2) is 16.4 Å². The quantitative estimate of drug-likeness (QED) is 0.713. The number of hydrogen-bond acceptors (Lipinski definition) is 6. The molecule has 2 rings (SSSR count). The van der Waals surface area contributed by atoms with Crippen LogP contribution in [-0.2, 0) is 25.1 Å². The van der Waals surface area contributed by atoms with Gasteiger partial charge in [-0.3, -0.25) is 10.1 Å². The van der Waals surface area contributed by atoms with Crippen molar-refractivity contribution in [3.63, 3.8) is 0 Å². The van der Waals surface area contributed by atoms with Crippen LogP contribution in [0, 0.1) is 0 Å². The van der Waals surface area contributed by atoms with Gasteiger partial charge in [0.05, 0.1) is 11.3 Å². The summed E-state index contributed by atoms with van der Waals surface area (Å²) in [6, 6.07) is 5.34. The Bertz CT molecular complexity index is 738. The van der Waals surface area contributed by atoms with Crippen LogP contribution >= 0.6 is 0 Å². The smallest absolute Gasteiger partial charge is 0.338 e. The van der Waals surface area contributed by atoms with E-state index in [0.717, 1.165) is 19.1 Å². The molecule has 24 heavy (non-hydrogen) atoms. The number of amides is 3. The molecule has 130 valence electrons. The summed E-state index contributed by atoms with van der Waals surface area (Å²) in [5, 5.41) is 4.63. The summed E-state index contributed by atoms with van der Waals surface area (Å²) in [7, 11) is -3.15. The van der Waals surface area contributed by atoms with Crippen LogP contribution in [0.25, 0.3) is 0 Å². The maximum atomic E-state index is 11.8. The van der Waals surface area contributed by atoms with Crippen LogP contribution in [0.5, 0.6) is 0 Å². The van der Waals surface area contributed by atoms with Gasteiger partial charge < -0.3 is 10.1 Å². The average Bonchev–Trinajstić information content (AvgIpc) is 3.27. The number of urea groups is 1. The Morgan fingerprint density at radius 2 is 1.79 bits per heavy atom. The van der Waals surface area contributed by atoms with Gasteiger partial charge in [0.1, 0.15) is 0 Å². The maximum absolute atomic E-state index is 11.8. The van der Waals surface area contributed by atoms with E-state index in [0.29, 0.717) is 5.56 Å². The Morgan fingerprint density at radius 1 is 1.17 bits per heavy atom. The zero-order chi connectivity index (χ0) is 17.7. The van der Waals surface area contributed by atoms with E-state index >= 15 is 0 Å².